The molecule has 1 atom stereocenters. The van der Waals surface area contributed by atoms with Crippen LogP contribution >= 0.6 is 0 Å². The lowest BCUT2D eigenvalue weighted by Crippen LogP contribution is -2.12. The number of aromatic nitrogens is 1. The summed E-state index contributed by atoms with van der Waals surface area (Å²) in [6.07, 6.45) is 12.0. The molecule has 0 aliphatic rings. The maximum absolute atomic E-state index is 9.26. The van der Waals surface area contributed by atoms with Crippen molar-refractivity contribution in [1.82, 2.24) is 4.98 Å². The Morgan fingerprint density at radius 2 is 1.62 bits per heavy atom. The van der Waals surface area contributed by atoms with Gasteiger partial charge in [0.15, 0.2) is 0 Å². The van der Waals surface area contributed by atoms with Gasteiger partial charge in [-0.25, -0.2) is 0 Å². The molecule has 0 aliphatic heterocycles. The van der Waals surface area contributed by atoms with Crippen LogP contribution in [0.2, 0.25) is 0 Å². The van der Waals surface area contributed by atoms with E-state index in [1.54, 1.807) is 6.92 Å². The van der Waals surface area contributed by atoms with Crippen LogP contribution in [-0.2, 0) is 6.42 Å². The molecule has 142 valence electrons. The zero-order valence-electron chi connectivity index (χ0n) is 16.3. The van der Waals surface area contributed by atoms with Crippen LogP contribution in [0.4, 0.5) is 0 Å². The van der Waals surface area contributed by atoms with Crippen LogP contribution in [0, 0.1) is 0 Å². The molecule has 1 N–H and O–H groups in total. The van der Waals surface area contributed by atoms with Gasteiger partial charge in [-0.05, 0) is 55.7 Å². The molecule has 1 aromatic carbocycles. The Morgan fingerprint density at radius 3 is 2.23 bits per heavy atom. The van der Waals surface area contributed by atoms with Gasteiger partial charge < -0.3 is 9.84 Å². The number of unbranched alkanes of at least 4 members (excludes halogenated alkanes) is 6. The third-order valence-corrected chi connectivity index (χ3v) is 4.54. The van der Waals surface area contributed by atoms with E-state index in [2.05, 4.69) is 24.0 Å². The topological polar surface area (TPSA) is 42.4 Å². The van der Waals surface area contributed by atoms with Crippen LogP contribution in [0.15, 0.2) is 42.6 Å². The normalized spacial score (nSPS) is 12.1. The van der Waals surface area contributed by atoms with E-state index in [-0.39, 0.29) is 0 Å². The van der Waals surface area contributed by atoms with E-state index in [1.807, 2.05) is 30.5 Å². The summed E-state index contributed by atoms with van der Waals surface area (Å²) in [4.78, 5) is 4.61. The van der Waals surface area contributed by atoms with Crippen molar-refractivity contribution in [3.8, 4) is 17.0 Å². The number of aryl methyl sites for hydroxylation is 1. The molecule has 0 saturated carbocycles. The summed E-state index contributed by atoms with van der Waals surface area (Å²) in [5.74, 6) is 0.769. The van der Waals surface area contributed by atoms with Crippen LogP contribution < -0.4 is 4.74 Å². The van der Waals surface area contributed by atoms with Gasteiger partial charge in [0, 0.05) is 11.8 Å². The summed E-state index contributed by atoms with van der Waals surface area (Å²) >= 11 is 0. The van der Waals surface area contributed by atoms with Crippen molar-refractivity contribution in [3.63, 3.8) is 0 Å². The molecule has 0 fully saturated rings. The maximum atomic E-state index is 9.26. The molecule has 2 aromatic rings. The van der Waals surface area contributed by atoms with E-state index in [9.17, 15) is 5.11 Å². The molecule has 3 heteroatoms. The maximum Gasteiger partial charge on any atom is 0.119 e. The minimum Gasteiger partial charge on any atom is -0.491 e. The second-order valence-corrected chi connectivity index (χ2v) is 7.11. The van der Waals surface area contributed by atoms with E-state index in [0.29, 0.717) is 6.61 Å². The lowest BCUT2D eigenvalue weighted by atomic mass is 10.0. The Hall–Kier alpha value is -1.87. The van der Waals surface area contributed by atoms with Crippen LogP contribution in [0.25, 0.3) is 11.3 Å². The predicted octanol–water partition coefficient (Wildman–Crippen LogP) is 5.80. The van der Waals surface area contributed by atoms with Crippen molar-refractivity contribution in [2.75, 3.05) is 6.61 Å². The van der Waals surface area contributed by atoms with Crippen LogP contribution in [0.5, 0.6) is 5.75 Å². The van der Waals surface area contributed by atoms with Gasteiger partial charge >= 0.3 is 0 Å². The van der Waals surface area contributed by atoms with Gasteiger partial charge in [0.1, 0.15) is 12.4 Å². The van der Waals surface area contributed by atoms with Gasteiger partial charge in [-0.1, -0.05) is 51.5 Å². The van der Waals surface area contributed by atoms with Gasteiger partial charge in [0.25, 0.3) is 0 Å². The smallest absolute Gasteiger partial charge is 0.119 e. The van der Waals surface area contributed by atoms with Gasteiger partial charge in [-0.3, -0.25) is 4.98 Å². The van der Waals surface area contributed by atoms with Gasteiger partial charge in [-0.2, -0.15) is 0 Å². The number of benzene rings is 1. The molecule has 0 saturated heterocycles. The molecular weight excluding hydrogens is 322 g/mol. The van der Waals surface area contributed by atoms with Gasteiger partial charge in [0.2, 0.25) is 0 Å². The highest BCUT2D eigenvalue weighted by Gasteiger charge is 2.02. The average molecular weight is 356 g/mol. The van der Waals surface area contributed by atoms with E-state index in [4.69, 9.17) is 4.74 Å². The summed E-state index contributed by atoms with van der Waals surface area (Å²) in [5, 5.41) is 9.26. The highest BCUT2D eigenvalue weighted by Crippen LogP contribution is 2.21. The molecule has 2 rings (SSSR count). The molecule has 1 aromatic heterocycles. The molecule has 0 aliphatic carbocycles. The molecular formula is C23H33NO2. The first kappa shape index (κ1) is 20.4. The number of pyridine rings is 1. The largest absolute Gasteiger partial charge is 0.491 e. The van der Waals surface area contributed by atoms with E-state index >= 15 is 0 Å². The van der Waals surface area contributed by atoms with Gasteiger partial charge in [0.05, 0.1) is 11.8 Å². The second kappa shape index (κ2) is 11.7. The number of aliphatic hydroxyl groups excluding tert-OH is 1. The molecule has 0 amide bonds. The Morgan fingerprint density at radius 1 is 0.923 bits per heavy atom. The highest BCUT2D eigenvalue weighted by molar-refractivity contribution is 5.60. The monoisotopic (exact) mass is 355 g/mol. The summed E-state index contributed by atoms with van der Waals surface area (Å²) in [7, 11) is 0. The molecule has 0 bridgehead atoms. The zero-order chi connectivity index (χ0) is 18.6. The van der Waals surface area contributed by atoms with E-state index in [0.717, 1.165) is 23.4 Å². The molecule has 0 radical (unpaired) electrons. The Kier molecular flexibility index (Phi) is 9.19. The average Bonchev–Trinajstić information content (AvgIpc) is 2.66. The summed E-state index contributed by atoms with van der Waals surface area (Å²) in [6.45, 7) is 4.29. The standard InChI is InChI=1S/C23H33NO2/c1-3-4-5-6-7-8-9-10-20-11-16-23(24-17-20)21-12-14-22(15-13-21)26-18-19(2)25/h11-17,19,25H,3-10,18H2,1-2H3/t19-/m0/s1. The third kappa shape index (κ3) is 7.57. The summed E-state index contributed by atoms with van der Waals surface area (Å²) < 4.78 is 5.49. The fourth-order valence-electron chi connectivity index (χ4n) is 2.97. The number of nitrogens with zero attached hydrogens (tertiary/aromatic N) is 1. The number of hydrogen-bond acceptors (Lipinski definition) is 3. The Labute approximate surface area is 158 Å². The van der Waals surface area contributed by atoms with Crippen LogP contribution in [0.3, 0.4) is 0 Å². The van der Waals surface area contributed by atoms with Crippen molar-refractivity contribution in [2.45, 2.75) is 71.3 Å². The molecule has 0 unspecified atom stereocenters. The number of rotatable bonds is 12. The molecule has 26 heavy (non-hydrogen) atoms. The summed E-state index contributed by atoms with van der Waals surface area (Å²) in [6, 6.07) is 12.2. The highest BCUT2D eigenvalue weighted by atomic mass is 16.5. The molecule has 0 spiro atoms. The number of ether oxygens (including phenoxy) is 1. The van der Waals surface area contributed by atoms with Crippen molar-refractivity contribution in [1.29, 1.82) is 0 Å². The van der Waals surface area contributed by atoms with Crippen LogP contribution in [0.1, 0.15) is 64.4 Å². The number of hydrogen-bond donors (Lipinski definition) is 1. The van der Waals surface area contributed by atoms with Crippen LogP contribution in [-0.4, -0.2) is 22.8 Å². The first-order valence-corrected chi connectivity index (χ1v) is 10.0. The van der Waals surface area contributed by atoms with E-state index in [1.165, 1.54) is 50.5 Å². The quantitative estimate of drug-likeness (QED) is 0.489. The molecule has 3 nitrogen and oxygen atoms in total. The summed E-state index contributed by atoms with van der Waals surface area (Å²) in [5.41, 5.74) is 3.38. The Bertz CT molecular complexity index is 605. The predicted molar refractivity (Wildman–Crippen MR) is 109 cm³/mol. The first-order valence-electron chi connectivity index (χ1n) is 10.0. The fraction of sp³-hybridized carbons (Fsp3) is 0.522. The fourth-order valence-corrected chi connectivity index (χ4v) is 2.97. The van der Waals surface area contributed by atoms with Crippen molar-refractivity contribution in [3.05, 3.63) is 48.2 Å². The minimum atomic E-state index is -0.458. The van der Waals surface area contributed by atoms with Crippen molar-refractivity contribution < 1.29 is 9.84 Å². The first-order chi connectivity index (χ1) is 12.7. The minimum absolute atomic E-state index is 0.310. The number of aliphatic hydroxyl groups is 1. The second-order valence-electron chi connectivity index (χ2n) is 7.11. The zero-order valence-corrected chi connectivity index (χ0v) is 16.3. The molecule has 1 heterocycles. The van der Waals surface area contributed by atoms with Gasteiger partial charge in [-0.15, -0.1) is 0 Å². The van der Waals surface area contributed by atoms with E-state index < -0.39 is 6.10 Å². The SMILES string of the molecule is CCCCCCCCCc1ccc(-c2ccc(OC[C@H](C)O)cc2)nc1. The van der Waals surface area contributed by atoms with Crippen molar-refractivity contribution >= 4 is 0 Å². The Balaban J connectivity index is 1.76. The lowest BCUT2D eigenvalue weighted by molar-refractivity contribution is 0.123. The third-order valence-electron chi connectivity index (χ3n) is 4.54. The lowest BCUT2D eigenvalue weighted by Gasteiger charge is -2.09. The van der Waals surface area contributed by atoms with Crippen molar-refractivity contribution in [2.24, 2.45) is 0 Å².